The molecule has 0 bridgehead atoms. The van der Waals surface area contributed by atoms with Gasteiger partial charge in [-0.05, 0) is 49.8 Å². The molecule has 0 radical (unpaired) electrons. The minimum atomic E-state index is 0. The molecule has 3 heteroatoms. The van der Waals surface area contributed by atoms with Crippen molar-refractivity contribution < 1.29 is 0 Å². The summed E-state index contributed by atoms with van der Waals surface area (Å²) in [7, 11) is 4.25. The van der Waals surface area contributed by atoms with Crippen LogP contribution in [0.2, 0.25) is 0 Å². The molecular weight excluding hydrogens is 238 g/mol. The van der Waals surface area contributed by atoms with Crippen LogP contribution in [0.5, 0.6) is 0 Å². The first-order chi connectivity index (χ1) is 7.16. The Morgan fingerprint density at radius 1 is 1.25 bits per heavy atom. The van der Waals surface area contributed by atoms with Crippen LogP contribution in [0.15, 0.2) is 23.6 Å². The van der Waals surface area contributed by atoms with E-state index in [4.69, 9.17) is 0 Å². The molecule has 0 aliphatic carbocycles. The van der Waals surface area contributed by atoms with Gasteiger partial charge in [0.2, 0.25) is 0 Å². The van der Waals surface area contributed by atoms with Crippen molar-refractivity contribution in [3.63, 3.8) is 0 Å². The monoisotopic (exact) mass is 255 g/mol. The fourth-order valence-corrected chi connectivity index (χ4v) is 2.71. The fraction of sp³-hybridized carbons (Fsp3) is 0.385. The molecule has 1 nitrogen and oxygen atoms in total. The van der Waals surface area contributed by atoms with Crippen LogP contribution >= 0.6 is 23.7 Å². The largest absolute Gasteiger partial charge is 0.309 e. The van der Waals surface area contributed by atoms with Gasteiger partial charge in [-0.15, -0.1) is 23.7 Å². The Hall–Kier alpha value is -0.570. The summed E-state index contributed by atoms with van der Waals surface area (Å²) in [6.07, 6.45) is 1.15. The van der Waals surface area contributed by atoms with Gasteiger partial charge < -0.3 is 4.90 Å². The minimum absolute atomic E-state index is 0. The highest BCUT2D eigenvalue weighted by molar-refractivity contribution is 7.17. The molecule has 1 aromatic carbocycles. The Balaban J connectivity index is 0.00000128. The number of nitrogens with zero attached hydrogens (tertiary/aromatic N) is 1. The fourth-order valence-electron chi connectivity index (χ4n) is 1.73. The standard InChI is InChI=1S/C13H17NS.ClH/c1-10-4-5-13-12(8-10)11(9-15-13)6-7-14(2)3;/h4-5,8-9H,6-7H2,1-3H3;1H. The van der Waals surface area contributed by atoms with E-state index in [1.165, 1.54) is 21.2 Å². The highest BCUT2D eigenvalue weighted by Gasteiger charge is 2.04. The summed E-state index contributed by atoms with van der Waals surface area (Å²) in [4.78, 5) is 2.24. The van der Waals surface area contributed by atoms with Crippen molar-refractivity contribution in [2.24, 2.45) is 0 Å². The zero-order valence-electron chi connectivity index (χ0n) is 9.99. The maximum Gasteiger partial charge on any atom is 0.0345 e. The Labute approximate surface area is 107 Å². The van der Waals surface area contributed by atoms with E-state index in [1.807, 2.05) is 11.3 Å². The molecular formula is C13H18ClNS. The molecule has 0 aliphatic rings. The van der Waals surface area contributed by atoms with Crippen molar-refractivity contribution >= 4 is 33.8 Å². The Morgan fingerprint density at radius 2 is 2.00 bits per heavy atom. The average molecular weight is 256 g/mol. The predicted octanol–water partition coefficient (Wildman–Crippen LogP) is 3.74. The quantitative estimate of drug-likeness (QED) is 0.808. The second-order valence-electron chi connectivity index (χ2n) is 4.31. The van der Waals surface area contributed by atoms with Gasteiger partial charge in [0.1, 0.15) is 0 Å². The topological polar surface area (TPSA) is 3.24 Å². The van der Waals surface area contributed by atoms with Crippen molar-refractivity contribution in [2.75, 3.05) is 20.6 Å². The Kier molecular flexibility index (Phi) is 4.78. The molecule has 0 spiro atoms. The molecule has 0 saturated heterocycles. The summed E-state index contributed by atoms with van der Waals surface area (Å²) < 4.78 is 1.41. The van der Waals surface area contributed by atoms with Gasteiger partial charge in [-0.2, -0.15) is 0 Å². The lowest BCUT2D eigenvalue weighted by Gasteiger charge is -2.08. The smallest absolute Gasteiger partial charge is 0.0345 e. The Morgan fingerprint density at radius 3 is 2.69 bits per heavy atom. The summed E-state index contributed by atoms with van der Waals surface area (Å²) in [6.45, 7) is 3.28. The van der Waals surface area contributed by atoms with Crippen LogP contribution < -0.4 is 0 Å². The van der Waals surface area contributed by atoms with E-state index in [0.29, 0.717) is 0 Å². The first-order valence-electron chi connectivity index (χ1n) is 5.28. The molecule has 88 valence electrons. The highest BCUT2D eigenvalue weighted by Crippen LogP contribution is 2.27. The summed E-state index contributed by atoms with van der Waals surface area (Å²) in [6, 6.07) is 6.72. The number of likely N-dealkylation sites (N-methyl/N-ethyl adjacent to an activating group) is 1. The lowest BCUT2D eigenvalue weighted by molar-refractivity contribution is 0.414. The maximum atomic E-state index is 2.30. The first kappa shape index (κ1) is 13.5. The number of fused-ring (bicyclic) bond motifs is 1. The van der Waals surface area contributed by atoms with Crippen molar-refractivity contribution in [3.05, 3.63) is 34.7 Å². The van der Waals surface area contributed by atoms with Crippen LogP contribution in [0.3, 0.4) is 0 Å². The van der Waals surface area contributed by atoms with Crippen LogP contribution in [-0.2, 0) is 6.42 Å². The van der Waals surface area contributed by atoms with Gasteiger partial charge in [-0.3, -0.25) is 0 Å². The van der Waals surface area contributed by atoms with Gasteiger partial charge in [0.25, 0.3) is 0 Å². The number of hydrogen-bond acceptors (Lipinski definition) is 2. The second-order valence-corrected chi connectivity index (χ2v) is 5.23. The third-order valence-corrected chi connectivity index (χ3v) is 3.65. The zero-order chi connectivity index (χ0) is 10.8. The SMILES string of the molecule is Cc1ccc2scc(CCN(C)C)c2c1.Cl. The molecule has 0 N–H and O–H groups in total. The normalized spacial score (nSPS) is 10.8. The third kappa shape index (κ3) is 2.97. The van der Waals surface area contributed by atoms with E-state index in [1.54, 1.807) is 0 Å². The van der Waals surface area contributed by atoms with Gasteiger partial charge in [-0.1, -0.05) is 17.7 Å². The van der Waals surface area contributed by atoms with Crippen LogP contribution in [0.1, 0.15) is 11.1 Å². The number of rotatable bonds is 3. The zero-order valence-corrected chi connectivity index (χ0v) is 11.6. The molecule has 0 saturated carbocycles. The van der Waals surface area contributed by atoms with Gasteiger partial charge in [0.15, 0.2) is 0 Å². The maximum absolute atomic E-state index is 2.30. The van der Waals surface area contributed by atoms with Crippen molar-refractivity contribution in [1.29, 1.82) is 0 Å². The molecule has 0 fully saturated rings. The van der Waals surface area contributed by atoms with E-state index in [9.17, 15) is 0 Å². The molecule has 0 aliphatic heterocycles. The van der Waals surface area contributed by atoms with Crippen molar-refractivity contribution in [3.8, 4) is 0 Å². The van der Waals surface area contributed by atoms with E-state index in [-0.39, 0.29) is 12.4 Å². The van der Waals surface area contributed by atoms with Crippen molar-refractivity contribution in [2.45, 2.75) is 13.3 Å². The number of benzene rings is 1. The van der Waals surface area contributed by atoms with E-state index in [2.05, 4.69) is 49.5 Å². The molecule has 0 atom stereocenters. The van der Waals surface area contributed by atoms with Crippen LogP contribution in [-0.4, -0.2) is 25.5 Å². The molecule has 1 heterocycles. The summed E-state index contributed by atoms with van der Waals surface area (Å²) in [5.74, 6) is 0. The van der Waals surface area contributed by atoms with Gasteiger partial charge in [0.05, 0.1) is 0 Å². The summed E-state index contributed by atoms with van der Waals surface area (Å²) in [5.41, 5.74) is 2.85. The molecule has 2 aromatic rings. The highest BCUT2D eigenvalue weighted by atomic mass is 35.5. The van der Waals surface area contributed by atoms with Gasteiger partial charge in [0, 0.05) is 11.2 Å². The number of hydrogen-bond donors (Lipinski definition) is 0. The lowest BCUT2D eigenvalue weighted by atomic mass is 10.1. The minimum Gasteiger partial charge on any atom is -0.309 e. The van der Waals surface area contributed by atoms with E-state index >= 15 is 0 Å². The number of thiophene rings is 1. The first-order valence-corrected chi connectivity index (χ1v) is 6.16. The second kappa shape index (κ2) is 5.67. The van der Waals surface area contributed by atoms with Crippen molar-refractivity contribution in [1.82, 2.24) is 4.90 Å². The summed E-state index contributed by atoms with van der Waals surface area (Å²) in [5, 5.41) is 3.75. The molecule has 2 rings (SSSR count). The summed E-state index contributed by atoms with van der Waals surface area (Å²) >= 11 is 1.86. The van der Waals surface area contributed by atoms with Gasteiger partial charge in [-0.25, -0.2) is 0 Å². The molecule has 16 heavy (non-hydrogen) atoms. The van der Waals surface area contributed by atoms with E-state index in [0.717, 1.165) is 13.0 Å². The van der Waals surface area contributed by atoms with Crippen LogP contribution in [0, 0.1) is 6.92 Å². The Bertz CT molecular complexity index is 462. The van der Waals surface area contributed by atoms with Crippen LogP contribution in [0.4, 0.5) is 0 Å². The lowest BCUT2D eigenvalue weighted by Crippen LogP contribution is -2.14. The van der Waals surface area contributed by atoms with E-state index < -0.39 is 0 Å². The molecule has 1 aromatic heterocycles. The predicted molar refractivity (Wildman–Crippen MR) is 76.1 cm³/mol. The van der Waals surface area contributed by atoms with Crippen LogP contribution in [0.25, 0.3) is 10.1 Å². The number of halogens is 1. The third-order valence-electron chi connectivity index (χ3n) is 2.64. The van der Waals surface area contributed by atoms with Gasteiger partial charge >= 0.3 is 0 Å². The number of aryl methyl sites for hydroxylation is 1. The average Bonchev–Trinajstić information content (AvgIpc) is 2.57. The molecule has 0 unspecified atom stereocenters. The molecule has 0 amide bonds.